The Balaban J connectivity index is 2.82. The van der Waals surface area contributed by atoms with Gasteiger partial charge in [-0.2, -0.15) is 0 Å². The van der Waals surface area contributed by atoms with E-state index in [4.69, 9.17) is 5.11 Å². The lowest BCUT2D eigenvalue weighted by Crippen LogP contribution is -2.62. The summed E-state index contributed by atoms with van der Waals surface area (Å²) in [7, 11) is 1.56. The van der Waals surface area contributed by atoms with Gasteiger partial charge in [0.25, 0.3) is 0 Å². The molecule has 4 nitrogen and oxygen atoms in total. The number of hydrogen-bond donors (Lipinski definition) is 1. The van der Waals surface area contributed by atoms with E-state index in [9.17, 15) is 9.59 Å². The Morgan fingerprint density at radius 3 is 2.15 bits per heavy atom. The molecule has 74 valence electrons. The molecule has 1 N–H and O–H groups in total. The van der Waals surface area contributed by atoms with Crippen LogP contribution in [0.5, 0.6) is 0 Å². The SMILES string of the molecule is CC(=O)N(C)C1(C(=O)O)CC(C)C1. The predicted octanol–water partition coefficient (Wildman–Crippen LogP) is 0.718. The van der Waals surface area contributed by atoms with Crippen molar-refractivity contribution in [2.75, 3.05) is 7.05 Å². The van der Waals surface area contributed by atoms with Crippen LogP contribution in [0.4, 0.5) is 0 Å². The first-order valence-electron chi connectivity index (χ1n) is 4.38. The molecule has 0 aromatic rings. The third-order valence-corrected chi connectivity index (χ3v) is 2.88. The maximum atomic E-state index is 11.1. The second-order valence-corrected chi connectivity index (χ2v) is 3.93. The highest BCUT2D eigenvalue weighted by molar-refractivity contribution is 5.86. The molecule has 1 fully saturated rings. The number of carbonyl (C=O) groups is 2. The molecular formula is C9H15NO3. The zero-order chi connectivity index (χ0) is 10.2. The van der Waals surface area contributed by atoms with E-state index in [2.05, 4.69) is 0 Å². The second-order valence-electron chi connectivity index (χ2n) is 3.93. The van der Waals surface area contributed by atoms with E-state index in [0.29, 0.717) is 18.8 Å². The van der Waals surface area contributed by atoms with E-state index in [1.807, 2.05) is 6.92 Å². The summed E-state index contributed by atoms with van der Waals surface area (Å²) in [5.41, 5.74) is -0.925. The minimum Gasteiger partial charge on any atom is -0.479 e. The van der Waals surface area contributed by atoms with Gasteiger partial charge < -0.3 is 10.0 Å². The number of hydrogen-bond acceptors (Lipinski definition) is 2. The fourth-order valence-corrected chi connectivity index (χ4v) is 1.99. The van der Waals surface area contributed by atoms with Crippen molar-refractivity contribution in [3.05, 3.63) is 0 Å². The molecule has 1 saturated carbocycles. The van der Waals surface area contributed by atoms with Gasteiger partial charge in [0.05, 0.1) is 0 Å². The lowest BCUT2D eigenvalue weighted by molar-refractivity contribution is -0.166. The third kappa shape index (κ3) is 1.41. The van der Waals surface area contributed by atoms with Crippen LogP contribution in [0, 0.1) is 5.92 Å². The zero-order valence-corrected chi connectivity index (χ0v) is 8.20. The van der Waals surface area contributed by atoms with Crippen LogP contribution in [-0.4, -0.2) is 34.5 Å². The van der Waals surface area contributed by atoms with Crippen LogP contribution in [0.15, 0.2) is 0 Å². The van der Waals surface area contributed by atoms with E-state index < -0.39 is 11.5 Å². The summed E-state index contributed by atoms with van der Waals surface area (Å²) >= 11 is 0. The normalized spacial score (nSPS) is 32.1. The lowest BCUT2D eigenvalue weighted by atomic mass is 9.68. The van der Waals surface area contributed by atoms with Gasteiger partial charge >= 0.3 is 5.97 Å². The molecule has 0 radical (unpaired) electrons. The summed E-state index contributed by atoms with van der Waals surface area (Å²) in [6.45, 7) is 3.39. The highest BCUT2D eigenvalue weighted by atomic mass is 16.4. The number of likely N-dealkylation sites (N-methyl/N-ethyl adjacent to an activating group) is 1. The van der Waals surface area contributed by atoms with Crippen LogP contribution in [0.2, 0.25) is 0 Å². The smallest absolute Gasteiger partial charge is 0.329 e. The molecule has 0 aliphatic heterocycles. The Labute approximate surface area is 77.5 Å². The van der Waals surface area contributed by atoms with E-state index in [1.165, 1.54) is 11.8 Å². The summed E-state index contributed by atoms with van der Waals surface area (Å²) < 4.78 is 0. The Kier molecular flexibility index (Phi) is 2.32. The number of amides is 1. The predicted molar refractivity (Wildman–Crippen MR) is 47.2 cm³/mol. The minimum absolute atomic E-state index is 0.186. The van der Waals surface area contributed by atoms with Crippen LogP contribution in [0.3, 0.4) is 0 Å². The van der Waals surface area contributed by atoms with Crippen LogP contribution in [-0.2, 0) is 9.59 Å². The molecule has 1 rings (SSSR count). The van der Waals surface area contributed by atoms with Crippen molar-refractivity contribution in [2.45, 2.75) is 32.2 Å². The number of nitrogens with zero attached hydrogens (tertiary/aromatic N) is 1. The number of aliphatic carboxylic acids is 1. The molecule has 13 heavy (non-hydrogen) atoms. The van der Waals surface area contributed by atoms with E-state index >= 15 is 0 Å². The van der Waals surface area contributed by atoms with Crippen LogP contribution >= 0.6 is 0 Å². The summed E-state index contributed by atoms with van der Waals surface area (Å²) in [5.74, 6) is -0.671. The van der Waals surface area contributed by atoms with Gasteiger partial charge in [0.1, 0.15) is 5.54 Å². The van der Waals surface area contributed by atoms with Crippen molar-refractivity contribution < 1.29 is 14.7 Å². The van der Waals surface area contributed by atoms with Gasteiger partial charge in [0.2, 0.25) is 5.91 Å². The quantitative estimate of drug-likeness (QED) is 0.689. The number of carboxylic acid groups (broad SMARTS) is 1. The van der Waals surface area contributed by atoms with Crippen molar-refractivity contribution >= 4 is 11.9 Å². The fourth-order valence-electron chi connectivity index (χ4n) is 1.99. The number of carbonyl (C=O) groups excluding carboxylic acids is 1. The average molecular weight is 185 g/mol. The summed E-state index contributed by atoms with van der Waals surface area (Å²) in [6.07, 6.45) is 1.14. The molecular weight excluding hydrogens is 170 g/mol. The largest absolute Gasteiger partial charge is 0.479 e. The molecule has 0 heterocycles. The van der Waals surface area contributed by atoms with Crippen molar-refractivity contribution in [3.63, 3.8) is 0 Å². The van der Waals surface area contributed by atoms with Gasteiger partial charge in [-0.1, -0.05) is 6.92 Å². The van der Waals surface area contributed by atoms with Gasteiger partial charge in [-0.15, -0.1) is 0 Å². The summed E-state index contributed by atoms with van der Waals surface area (Å²) in [5, 5.41) is 9.03. The Morgan fingerprint density at radius 2 is 1.92 bits per heavy atom. The fraction of sp³-hybridized carbons (Fsp3) is 0.778. The van der Waals surface area contributed by atoms with E-state index in [-0.39, 0.29) is 5.91 Å². The molecule has 0 atom stereocenters. The molecule has 0 saturated heterocycles. The van der Waals surface area contributed by atoms with Crippen molar-refractivity contribution in [1.82, 2.24) is 4.90 Å². The highest BCUT2D eigenvalue weighted by Gasteiger charge is 2.52. The standard InChI is InChI=1S/C9H15NO3/c1-6-4-9(5-6,8(12)13)10(3)7(2)11/h6H,4-5H2,1-3H3,(H,12,13). The maximum Gasteiger partial charge on any atom is 0.329 e. The van der Waals surface area contributed by atoms with Gasteiger partial charge in [-0.05, 0) is 18.8 Å². The molecule has 1 aliphatic carbocycles. The molecule has 0 unspecified atom stereocenters. The molecule has 0 aromatic carbocycles. The zero-order valence-electron chi connectivity index (χ0n) is 8.20. The molecule has 0 bridgehead atoms. The number of rotatable bonds is 2. The lowest BCUT2D eigenvalue weighted by Gasteiger charge is -2.48. The van der Waals surface area contributed by atoms with Gasteiger partial charge in [0, 0.05) is 14.0 Å². The Bertz CT molecular complexity index is 243. The first-order chi connectivity index (χ1) is 5.90. The topological polar surface area (TPSA) is 57.6 Å². The Hall–Kier alpha value is -1.06. The molecule has 1 amide bonds. The second kappa shape index (κ2) is 3.01. The summed E-state index contributed by atoms with van der Waals surface area (Å²) in [4.78, 5) is 23.4. The third-order valence-electron chi connectivity index (χ3n) is 2.88. The Morgan fingerprint density at radius 1 is 1.46 bits per heavy atom. The van der Waals surface area contributed by atoms with Crippen LogP contribution in [0.25, 0.3) is 0 Å². The molecule has 1 aliphatic rings. The van der Waals surface area contributed by atoms with Crippen molar-refractivity contribution in [3.8, 4) is 0 Å². The van der Waals surface area contributed by atoms with Gasteiger partial charge in [-0.25, -0.2) is 4.79 Å². The van der Waals surface area contributed by atoms with Gasteiger partial charge in [-0.3, -0.25) is 4.79 Å². The first kappa shape index (κ1) is 10.0. The van der Waals surface area contributed by atoms with Crippen LogP contribution in [0.1, 0.15) is 26.7 Å². The van der Waals surface area contributed by atoms with Crippen molar-refractivity contribution in [1.29, 1.82) is 0 Å². The summed E-state index contributed by atoms with van der Waals surface area (Å²) in [6, 6.07) is 0. The van der Waals surface area contributed by atoms with E-state index in [0.717, 1.165) is 0 Å². The highest BCUT2D eigenvalue weighted by Crippen LogP contribution is 2.41. The molecule has 4 heteroatoms. The van der Waals surface area contributed by atoms with E-state index in [1.54, 1.807) is 7.05 Å². The molecule has 0 aromatic heterocycles. The monoisotopic (exact) mass is 185 g/mol. The molecule has 0 spiro atoms. The first-order valence-corrected chi connectivity index (χ1v) is 4.38. The average Bonchev–Trinajstić information content (AvgIpc) is 1.96. The minimum atomic E-state index is -0.925. The number of carboxylic acids is 1. The maximum absolute atomic E-state index is 11.1. The van der Waals surface area contributed by atoms with Crippen LogP contribution < -0.4 is 0 Å². The van der Waals surface area contributed by atoms with Crippen molar-refractivity contribution in [2.24, 2.45) is 5.92 Å². The van der Waals surface area contributed by atoms with Gasteiger partial charge in [0.15, 0.2) is 0 Å².